The van der Waals surface area contributed by atoms with Crippen LogP contribution in [0.5, 0.6) is 23.0 Å². The number of benzene rings is 3. The third-order valence-corrected chi connectivity index (χ3v) is 6.72. The van der Waals surface area contributed by atoms with Gasteiger partial charge >= 0.3 is 0 Å². The molecule has 13 nitrogen and oxygen atoms in total. The third kappa shape index (κ3) is 6.43. The molecule has 0 saturated carbocycles. The molecule has 3 aromatic carbocycles. The molecule has 0 aromatic heterocycles. The Labute approximate surface area is 230 Å². The molecule has 0 fully saturated rings. The van der Waals surface area contributed by atoms with Gasteiger partial charge in [-0.15, -0.1) is 5.11 Å². The fourth-order valence-electron chi connectivity index (χ4n) is 3.92. The van der Waals surface area contributed by atoms with Crippen LogP contribution in [0.2, 0.25) is 0 Å². The molecular weight excluding hydrogens is 542 g/mol. The van der Waals surface area contributed by atoms with Crippen LogP contribution in [-0.4, -0.2) is 56.7 Å². The third-order valence-electron chi connectivity index (χ3n) is 5.88. The Bertz CT molecular complexity index is 1570. The number of aliphatic hydroxyl groups is 1. The van der Waals surface area contributed by atoms with Gasteiger partial charge in [0.1, 0.15) is 47.0 Å². The minimum atomic E-state index is -4.51. The van der Waals surface area contributed by atoms with E-state index in [1.807, 2.05) is 0 Å². The molecule has 2 atom stereocenters. The van der Waals surface area contributed by atoms with Gasteiger partial charge in [-0.05, 0) is 35.9 Å². The number of phenols is 1. The summed E-state index contributed by atoms with van der Waals surface area (Å²) in [5.74, 6) is 0.894. The van der Waals surface area contributed by atoms with Crippen LogP contribution in [0.15, 0.2) is 80.0 Å². The molecule has 40 heavy (non-hydrogen) atoms. The smallest absolute Gasteiger partial charge is 0.294 e. The van der Waals surface area contributed by atoms with Crippen LogP contribution < -0.4 is 19.9 Å². The van der Waals surface area contributed by atoms with Crippen LogP contribution >= 0.6 is 0 Å². The Hall–Kier alpha value is -4.37. The maximum atomic E-state index is 11.5. The molecule has 4 rings (SSSR count). The number of rotatable bonds is 10. The van der Waals surface area contributed by atoms with Crippen LogP contribution in [0, 0.1) is 0 Å². The number of nitrogens with zero attached hydrogens (tertiary/aromatic N) is 4. The number of phenolic OH excluding ortho intramolecular Hbond substituents is 1. The van der Waals surface area contributed by atoms with Crippen molar-refractivity contribution < 1.29 is 37.4 Å². The quantitative estimate of drug-likeness (QED) is 0.199. The van der Waals surface area contributed by atoms with Crippen molar-refractivity contribution in [3.63, 3.8) is 0 Å². The van der Waals surface area contributed by atoms with Crippen molar-refractivity contribution in [3.05, 3.63) is 65.7 Å². The highest BCUT2D eigenvalue weighted by molar-refractivity contribution is 7.85. The Morgan fingerprint density at radius 1 is 0.950 bits per heavy atom. The van der Waals surface area contributed by atoms with Crippen molar-refractivity contribution >= 4 is 33.3 Å². The van der Waals surface area contributed by atoms with Gasteiger partial charge in [0.15, 0.2) is 0 Å². The summed E-state index contributed by atoms with van der Waals surface area (Å²) in [5, 5.41) is 36.3. The second-order valence-corrected chi connectivity index (χ2v) is 9.89. The van der Waals surface area contributed by atoms with E-state index < -0.39 is 27.1 Å². The second kappa shape index (κ2) is 12.2. The lowest BCUT2D eigenvalue weighted by molar-refractivity contribution is 0.201. The minimum absolute atomic E-state index is 0.0825. The van der Waals surface area contributed by atoms with Gasteiger partial charge in [0.25, 0.3) is 10.1 Å². The molecule has 0 heterocycles. The Morgan fingerprint density at radius 3 is 2.20 bits per heavy atom. The largest absolute Gasteiger partial charge is 0.508 e. The van der Waals surface area contributed by atoms with E-state index in [9.17, 15) is 18.1 Å². The van der Waals surface area contributed by atoms with Gasteiger partial charge in [0, 0.05) is 23.8 Å². The van der Waals surface area contributed by atoms with Crippen LogP contribution in [0.25, 0.3) is 6.08 Å². The van der Waals surface area contributed by atoms with Gasteiger partial charge in [-0.2, -0.15) is 23.8 Å². The highest BCUT2D eigenvalue weighted by atomic mass is 32.2. The molecule has 210 valence electrons. The summed E-state index contributed by atoms with van der Waals surface area (Å²) in [6.07, 6.45) is 3.15. The lowest BCUT2D eigenvalue weighted by atomic mass is 9.89. The van der Waals surface area contributed by atoms with Gasteiger partial charge in [0.2, 0.25) is 0 Å². The molecule has 1 aliphatic rings. The minimum Gasteiger partial charge on any atom is -0.508 e. The number of nitrogens with two attached hydrogens (primary N) is 1. The Morgan fingerprint density at radius 2 is 1.60 bits per heavy atom. The SMILES string of the molecule is COc1cc(N=NC2C=Cc3cc(S(=O)(=O)O)cc(O)c3C2N)c(OC)cc1N=Nc1ccc(OCCO)cc1. The van der Waals surface area contributed by atoms with Crippen LogP contribution in [-0.2, 0) is 10.1 Å². The molecule has 0 bridgehead atoms. The molecule has 0 amide bonds. The molecule has 2 unspecified atom stereocenters. The first kappa shape index (κ1) is 28.6. The molecule has 0 aliphatic heterocycles. The average molecular weight is 570 g/mol. The average Bonchev–Trinajstić information content (AvgIpc) is 2.94. The van der Waals surface area contributed by atoms with Gasteiger partial charge in [-0.25, -0.2) is 0 Å². The lowest BCUT2D eigenvalue weighted by Crippen LogP contribution is -2.26. The Balaban J connectivity index is 1.57. The van der Waals surface area contributed by atoms with Crippen molar-refractivity contribution in [2.24, 2.45) is 26.2 Å². The summed E-state index contributed by atoms with van der Waals surface area (Å²) in [6, 6.07) is 10.6. The predicted octanol–water partition coefficient (Wildman–Crippen LogP) is 4.62. The van der Waals surface area contributed by atoms with Gasteiger partial charge in [-0.1, -0.05) is 12.2 Å². The number of hydrogen-bond acceptors (Lipinski definition) is 12. The van der Waals surface area contributed by atoms with Crippen LogP contribution in [0.4, 0.5) is 17.1 Å². The van der Waals surface area contributed by atoms with Gasteiger partial charge in [0.05, 0.1) is 37.5 Å². The first-order chi connectivity index (χ1) is 19.1. The number of aromatic hydroxyl groups is 1. The van der Waals surface area contributed by atoms with E-state index in [1.54, 1.807) is 48.6 Å². The van der Waals surface area contributed by atoms with Gasteiger partial charge < -0.3 is 30.2 Å². The summed E-state index contributed by atoms with van der Waals surface area (Å²) < 4.78 is 48.5. The molecule has 0 radical (unpaired) electrons. The molecule has 14 heteroatoms. The summed E-state index contributed by atoms with van der Waals surface area (Å²) >= 11 is 0. The van der Waals surface area contributed by atoms with E-state index in [2.05, 4.69) is 20.5 Å². The molecule has 5 N–H and O–H groups in total. The Kier molecular flexibility index (Phi) is 8.74. The number of fused-ring (bicyclic) bond motifs is 1. The van der Waals surface area contributed by atoms with Crippen LogP contribution in [0.1, 0.15) is 17.2 Å². The molecule has 0 spiro atoms. The second-order valence-electron chi connectivity index (χ2n) is 8.47. The zero-order valence-corrected chi connectivity index (χ0v) is 22.3. The predicted molar refractivity (Wildman–Crippen MR) is 145 cm³/mol. The van der Waals surface area contributed by atoms with Gasteiger partial charge in [-0.3, -0.25) is 4.55 Å². The van der Waals surface area contributed by atoms with Crippen LogP contribution in [0.3, 0.4) is 0 Å². The van der Waals surface area contributed by atoms with Crippen molar-refractivity contribution in [2.75, 3.05) is 27.4 Å². The first-order valence-corrected chi connectivity index (χ1v) is 13.3. The number of methoxy groups -OCH3 is 2. The number of azo groups is 2. The van der Waals surface area contributed by atoms with E-state index in [0.29, 0.717) is 39.9 Å². The lowest BCUT2D eigenvalue weighted by Gasteiger charge is -2.24. The summed E-state index contributed by atoms with van der Waals surface area (Å²) in [6.45, 7) is 0.110. The maximum absolute atomic E-state index is 11.5. The van der Waals surface area contributed by atoms with E-state index in [4.69, 9.17) is 25.1 Å². The van der Waals surface area contributed by atoms with E-state index in [0.717, 1.165) is 6.07 Å². The molecule has 1 aliphatic carbocycles. The summed E-state index contributed by atoms with van der Waals surface area (Å²) in [5.41, 5.74) is 8.18. The fraction of sp³-hybridized carbons (Fsp3) is 0.231. The van der Waals surface area contributed by atoms with E-state index in [-0.39, 0.29) is 24.5 Å². The monoisotopic (exact) mass is 569 g/mol. The number of ether oxygens (including phenoxy) is 3. The highest BCUT2D eigenvalue weighted by Crippen LogP contribution is 2.42. The maximum Gasteiger partial charge on any atom is 0.294 e. The van der Waals surface area contributed by atoms with E-state index in [1.165, 1.54) is 20.3 Å². The highest BCUT2D eigenvalue weighted by Gasteiger charge is 2.28. The fourth-order valence-corrected chi connectivity index (χ4v) is 4.46. The zero-order chi connectivity index (χ0) is 28.9. The summed E-state index contributed by atoms with van der Waals surface area (Å²) in [7, 11) is -1.58. The summed E-state index contributed by atoms with van der Waals surface area (Å²) in [4.78, 5) is -0.446. The first-order valence-electron chi connectivity index (χ1n) is 11.8. The zero-order valence-electron chi connectivity index (χ0n) is 21.5. The van der Waals surface area contributed by atoms with Crippen molar-refractivity contribution in [1.29, 1.82) is 0 Å². The van der Waals surface area contributed by atoms with E-state index >= 15 is 0 Å². The van der Waals surface area contributed by atoms with Crippen molar-refractivity contribution in [1.82, 2.24) is 0 Å². The molecule has 3 aromatic rings. The van der Waals surface area contributed by atoms with Crippen molar-refractivity contribution in [3.8, 4) is 23.0 Å². The topological polar surface area (TPSA) is 198 Å². The standard InChI is InChI=1S/C26H27N5O8S/c1-37-23-14-21(24(38-2)13-20(23)30-28-16-4-6-17(7-5-16)39-10-9-32)31-29-19-8-3-15-11-18(40(34,35)36)12-22(33)25(15)26(19)27/h3-8,11-14,19,26,32-33H,9-10,27H2,1-2H3,(H,34,35,36). The number of aliphatic hydroxyl groups excluding tert-OH is 1. The van der Waals surface area contributed by atoms with Crippen molar-refractivity contribution in [2.45, 2.75) is 17.0 Å². The number of hydrogen-bond donors (Lipinski definition) is 4. The molecule has 0 saturated heterocycles. The molecular formula is C26H27N5O8S. The normalized spacial score (nSPS) is 16.8.